The van der Waals surface area contributed by atoms with Crippen molar-refractivity contribution in [3.63, 3.8) is 0 Å². The molecule has 1 aromatic carbocycles. The number of aryl methyl sites for hydroxylation is 1. The highest BCUT2D eigenvalue weighted by atomic mass is 19.4. The zero-order valence-electron chi connectivity index (χ0n) is 17.5. The molecule has 166 valence electrons. The van der Waals surface area contributed by atoms with Crippen molar-refractivity contribution in [2.24, 2.45) is 10.9 Å². The smallest absolute Gasteiger partial charge is 0.401 e. The van der Waals surface area contributed by atoms with Crippen molar-refractivity contribution in [2.75, 3.05) is 39.8 Å². The molecule has 1 aliphatic rings. The van der Waals surface area contributed by atoms with Crippen molar-refractivity contribution in [3.8, 4) is 0 Å². The fourth-order valence-electron chi connectivity index (χ4n) is 4.00. The molecule has 2 heterocycles. The first kappa shape index (κ1) is 22.4. The van der Waals surface area contributed by atoms with Crippen molar-refractivity contribution < 1.29 is 22.0 Å². The molecule has 30 heavy (non-hydrogen) atoms. The molecule has 0 amide bonds. The summed E-state index contributed by atoms with van der Waals surface area (Å²) in [6.07, 6.45) is -3.36. The van der Waals surface area contributed by atoms with E-state index < -0.39 is 12.7 Å². The fourth-order valence-corrected chi connectivity index (χ4v) is 4.00. The van der Waals surface area contributed by atoms with Crippen molar-refractivity contribution in [2.45, 2.75) is 33.0 Å². The van der Waals surface area contributed by atoms with E-state index in [1.807, 2.05) is 6.92 Å². The molecule has 0 bridgehead atoms. The average Bonchev–Trinajstić information content (AvgIpc) is 3.26. The summed E-state index contributed by atoms with van der Waals surface area (Å²) in [5.41, 5.74) is 1.50. The predicted octanol–water partition coefficient (Wildman–Crippen LogP) is 4.16. The first-order valence-corrected chi connectivity index (χ1v) is 10.1. The van der Waals surface area contributed by atoms with Gasteiger partial charge in [-0.2, -0.15) is 13.2 Å². The van der Waals surface area contributed by atoms with Gasteiger partial charge in [-0.1, -0.05) is 6.92 Å². The van der Waals surface area contributed by atoms with Crippen LogP contribution in [0.2, 0.25) is 0 Å². The lowest BCUT2D eigenvalue weighted by atomic mass is 10.1. The maximum Gasteiger partial charge on any atom is 0.401 e. The molecular formula is C21H28F4N4O. The van der Waals surface area contributed by atoms with Crippen LogP contribution in [0.1, 0.15) is 24.7 Å². The Bertz CT molecular complexity index is 893. The van der Waals surface area contributed by atoms with Crippen LogP contribution in [0.25, 0.3) is 11.0 Å². The lowest BCUT2D eigenvalue weighted by molar-refractivity contribution is -0.146. The molecule has 0 spiro atoms. The number of alkyl halides is 3. The van der Waals surface area contributed by atoms with Gasteiger partial charge in [-0.3, -0.25) is 9.89 Å². The molecule has 3 rings (SSSR count). The summed E-state index contributed by atoms with van der Waals surface area (Å²) in [6, 6.07) is 4.43. The molecule has 1 unspecified atom stereocenters. The number of benzene rings is 1. The minimum atomic E-state index is -4.18. The van der Waals surface area contributed by atoms with Crippen LogP contribution in [0.5, 0.6) is 0 Å². The van der Waals surface area contributed by atoms with E-state index in [9.17, 15) is 17.6 Å². The second kappa shape index (κ2) is 9.24. The molecule has 1 saturated heterocycles. The molecule has 1 atom stereocenters. The molecule has 2 aromatic rings. The van der Waals surface area contributed by atoms with Gasteiger partial charge in [0.25, 0.3) is 0 Å². The molecule has 1 fully saturated rings. The van der Waals surface area contributed by atoms with Crippen molar-refractivity contribution in [3.05, 3.63) is 35.3 Å². The Morgan fingerprint density at radius 3 is 2.80 bits per heavy atom. The van der Waals surface area contributed by atoms with Gasteiger partial charge in [0.05, 0.1) is 13.1 Å². The highest BCUT2D eigenvalue weighted by Crippen LogP contribution is 2.26. The van der Waals surface area contributed by atoms with Gasteiger partial charge >= 0.3 is 6.18 Å². The number of rotatable bonds is 6. The van der Waals surface area contributed by atoms with E-state index in [1.54, 1.807) is 20.0 Å². The van der Waals surface area contributed by atoms with Crippen LogP contribution in [0.15, 0.2) is 27.6 Å². The summed E-state index contributed by atoms with van der Waals surface area (Å²) in [5.74, 6) is 1.23. The number of guanidine groups is 1. The Morgan fingerprint density at radius 2 is 2.13 bits per heavy atom. The second-order valence-corrected chi connectivity index (χ2v) is 7.74. The first-order chi connectivity index (χ1) is 14.2. The van der Waals surface area contributed by atoms with Crippen molar-refractivity contribution >= 4 is 16.9 Å². The Balaban J connectivity index is 1.58. The quantitative estimate of drug-likeness (QED) is 0.426. The summed E-state index contributed by atoms with van der Waals surface area (Å²) in [5, 5.41) is 4.01. The monoisotopic (exact) mass is 428 g/mol. The van der Waals surface area contributed by atoms with Gasteiger partial charge in [-0.05, 0) is 44.0 Å². The van der Waals surface area contributed by atoms with E-state index >= 15 is 0 Å². The van der Waals surface area contributed by atoms with Gasteiger partial charge in [-0.25, -0.2) is 4.39 Å². The summed E-state index contributed by atoms with van der Waals surface area (Å²) < 4.78 is 57.4. The van der Waals surface area contributed by atoms with E-state index in [0.29, 0.717) is 43.5 Å². The topological polar surface area (TPSA) is 44.0 Å². The SMILES string of the molecule is CCN(CC1CCN(C(=NC)NCc2oc3ccc(F)cc3c2C)C1)CC(F)(F)F. The van der Waals surface area contributed by atoms with E-state index in [0.717, 1.165) is 23.9 Å². The van der Waals surface area contributed by atoms with Gasteiger partial charge in [0.1, 0.15) is 17.2 Å². The third kappa shape index (κ3) is 5.44. The highest BCUT2D eigenvalue weighted by Gasteiger charge is 2.33. The molecule has 0 aliphatic carbocycles. The zero-order valence-corrected chi connectivity index (χ0v) is 17.5. The fraction of sp³-hybridized carbons (Fsp3) is 0.571. The highest BCUT2D eigenvalue weighted by molar-refractivity contribution is 5.83. The molecule has 0 radical (unpaired) electrons. The van der Waals surface area contributed by atoms with Gasteiger partial charge in [0.2, 0.25) is 0 Å². The molecule has 0 saturated carbocycles. The number of nitrogens with one attached hydrogen (secondary N) is 1. The van der Waals surface area contributed by atoms with Crippen LogP contribution < -0.4 is 5.32 Å². The van der Waals surface area contributed by atoms with E-state index in [1.165, 1.54) is 17.0 Å². The average molecular weight is 428 g/mol. The number of likely N-dealkylation sites (tertiary alicyclic amines) is 1. The van der Waals surface area contributed by atoms with Crippen LogP contribution in [0, 0.1) is 18.7 Å². The minimum Gasteiger partial charge on any atom is -0.459 e. The molecular weight excluding hydrogens is 400 g/mol. The van der Waals surface area contributed by atoms with Crippen molar-refractivity contribution in [1.29, 1.82) is 0 Å². The first-order valence-electron chi connectivity index (χ1n) is 10.1. The van der Waals surface area contributed by atoms with Gasteiger partial charge in [-0.15, -0.1) is 0 Å². The number of nitrogens with zero attached hydrogens (tertiary/aromatic N) is 3. The number of hydrogen-bond acceptors (Lipinski definition) is 3. The molecule has 1 N–H and O–H groups in total. The second-order valence-electron chi connectivity index (χ2n) is 7.74. The Labute approximate surface area is 173 Å². The maximum atomic E-state index is 13.5. The van der Waals surface area contributed by atoms with E-state index in [-0.39, 0.29) is 11.7 Å². The molecule has 1 aromatic heterocycles. The number of fused-ring (bicyclic) bond motifs is 1. The third-order valence-corrected chi connectivity index (χ3v) is 5.57. The number of furan rings is 1. The largest absolute Gasteiger partial charge is 0.459 e. The lowest BCUT2D eigenvalue weighted by Gasteiger charge is -2.26. The summed E-state index contributed by atoms with van der Waals surface area (Å²) in [6.45, 7) is 5.32. The van der Waals surface area contributed by atoms with Crippen LogP contribution in [-0.4, -0.2) is 61.7 Å². The summed E-state index contributed by atoms with van der Waals surface area (Å²) in [4.78, 5) is 7.82. The van der Waals surface area contributed by atoms with Crippen LogP contribution >= 0.6 is 0 Å². The maximum absolute atomic E-state index is 13.5. The van der Waals surface area contributed by atoms with E-state index in [4.69, 9.17) is 4.42 Å². The number of halogens is 4. The third-order valence-electron chi connectivity index (χ3n) is 5.57. The van der Waals surface area contributed by atoms with Crippen LogP contribution in [-0.2, 0) is 6.54 Å². The van der Waals surface area contributed by atoms with Crippen LogP contribution in [0.3, 0.4) is 0 Å². The minimum absolute atomic E-state index is 0.154. The van der Waals surface area contributed by atoms with Gasteiger partial charge < -0.3 is 14.6 Å². The molecule has 5 nitrogen and oxygen atoms in total. The zero-order chi connectivity index (χ0) is 21.9. The normalized spacial score (nSPS) is 18.1. The number of hydrogen-bond donors (Lipinski definition) is 1. The predicted molar refractivity (Wildman–Crippen MR) is 109 cm³/mol. The van der Waals surface area contributed by atoms with Crippen LogP contribution in [0.4, 0.5) is 17.6 Å². The van der Waals surface area contributed by atoms with Crippen molar-refractivity contribution in [1.82, 2.24) is 15.1 Å². The molecule has 9 heteroatoms. The van der Waals surface area contributed by atoms with Gasteiger partial charge in [0, 0.05) is 37.6 Å². The Morgan fingerprint density at radius 1 is 1.37 bits per heavy atom. The Kier molecular flexibility index (Phi) is 6.90. The Hall–Kier alpha value is -2.29. The lowest BCUT2D eigenvalue weighted by Crippen LogP contribution is -2.41. The summed E-state index contributed by atoms with van der Waals surface area (Å²) >= 11 is 0. The van der Waals surface area contributed by atoms with E-state index in [2.05, 4.69) is 15.2 Å². The molecule has 1 aliphatic heterocycles. The summed E-state index contributed by atoms with van der Waals surface area (Å²) in [7, 11) is 1.68. The number of aliphatic imine (C=N–C) groups is 1. The van der Waals surface area contributed by atoms with Gasteiger partial charge in [0.15, 0.2) is 5.96 Å². The standard InChI is InChI=1S/C21H28F4N4O/c1-4-28(13-21(23,24)25)11-15-7-8-29(12-15)20(26-3)27-10-19-14(2)17-9-16(22)5-6-18(17)30-19/h5-6,9,15H,4,7-8,10-13H2,1-3H3,(H,26,27).